The lowest BCUT2D eigenvalue weighted by Gasteiger charge is -2.27. The van der Waals surface area contributed by atoms with Crippen molar-refractivity contribution in [3.63, 3.8) is 0 Å². The molecule has 1 N–H and O–H groups in total. The maximum absolute atomic E-state index is 4.95. The molecule has 0 radical (unpaired) electrons. The van der Waals surface area contributed by atoms with Gasteiger partial charge in [0, 0.05) is 19.5 Å². The van der Waals surface area contributed by atoms with Gasteiger partial charge < -0.3 is 9.84 Å². The molecule has 1 aliphatic rings. The first kappa shape index (κ1) is 11.5. The molecule has 90 valence electrons. The zero-order valence-corrected chi connectivity index (χ0v) is 10.1. The van der Waals surface area contributed by atoms with Gasteiger partial charge in [-0.1, -0.05) is 11.6 Å². The third-order valence-electron chi connectivity index (χ3n) is 2.93. The maximum Gasteiger partial charge on any atom is 0.223 e. The Labute approximate surface area is 96.2 Å². The Balaban J connectivity index is 1.77. The molecule has 1 atom stereocenters. The van der Waals surface area contributed by atoms with Crippen LogP contribution in [0.1, 0.15) is 31.0 Å². The minimum atomic E-state index is 0.617. The summed E-state index contributed by atoms with van der Waals surface area (Å²) in [6, 6.07) is 0.617. The largest absolute Gasteiger partial charge is 0.340 e. The van der Waals surface area contributed by atoms with Crippen molar-refractivity contribution < 1.29 is 4.52 Å². The number of hydrogen-bond donors (Lipinski definition) is 1. The number of rotatable bonds is 4. The molecule has 0 bridgehead atoms. The molecule has 16 heavy (non-hydrogen) atoms. The molecule has 2 rings (SSSR count). The van der Waals surface area contributed by atoms with Crippen LogP contribution in [0.2, 0.25) is 0 Å². The minimum absolute atomic E-state index is 0.617. The molecule has 1 saturated heterocycles. The van der Waals surface area contributed by atoms with Gasteiger partial charge in [-0.3, -0.25) is 4.90 Å². The van der Waals surface area contributed by atoms with Gasteiger partial charge in [0.15, 0.2) is 5.82 Å². The summed E-state index contributed by atoms with van der Waals surface area (Å²) >= 11 is 0. The van der Waals surface area contributed by atoms with Crippen molar-refractivity contribution in [1.29, 1.82) is 0 Å². The van der Waals surface area contributed by atoms with Crippen LogP contribution in [0.25, 0.3) is 0 Å². The van der Waals surface area contributed by atoms with Gasteiger partial charge >= 0.3 is 0 Å². The average Bonchev–Trinajstić information content (AvgIpc) is 2.65. The first-order valence-electron chi connectivity index (χ1n) is 5.95. The predicted molar refractivity (Wildman–Crippen MR) is 61.0 cm³/mol. The number of piperidine rings is 1. The Hall–Kier alpha value is -0.940. The van der Waals surface area contributed by atoms with E-state index in [1.54, 1.807) is 0 Å². The fourth-order valence-corrected chi connectivity index (χ4v) is 2.17. The van der Waals surface area contributed by atoms with Gasteiger partial charge in [0.25, 0.3) is 0 Å². The summed E-state index contributed by atoms with van der Waals surface area (Å²) in [6.07, 6.45) is 3.92. The van der Waals surface area contributed by atoms with Crippen LogP contribution in [0.3, 0.4) is 0 Å². The van der Waals surface area contributed by atoms with Crippen LogP contribution >= 0.6 is 0 Å². The molecule has 1 aliphatic heterocycles. The van der Waals surface area contributed by atoms with Crippen LogP contribution in [-0.4, -0.2) is 41.2 Å². The highest BCUT2D eigenvalue weighted by Crippen LogP contribution is 2.09. The van der Waals surface area contributed by atoms with Gasteiger partial charge in [0.1, 0.15) is 0 Å². The Morgan fingerprint density at radius 3 is 3.00 bits per heavy atom. The smallest absolute Gasteiger partial charge is 0.223 e. The topological polar surface area (TPSA) is 54.2 Å². The molecule has 0 aromatic carbocycles. The average molecular weight is 224 g/mol. The second-order valence-corrected chi connectivity index (χ2v) is 4.57. The zero-order chi connectivity index (χ0) is 11.4. The van der Waals surface area contributed by atoms with E-state index in [1.807, 2.05) is 6.92 Å². The molecule has 0 aliphatic carbocycles. The highest BCUT2D eigenvalue weighted by atomic mass is 16.5. The number of nitrogens with one attached hydrogen (secondary N) is 1. The van der Waals surface area contributed by atoms with E-state index in [9.17, 15) is 0 Å². The molecule has 0 spiro atoms. The van der Waals surface area contributed by atoms with E-state index in [4.69, 9.17) is 4.52 Å². The molecule has 1 aromatic rings. The molecule has 2 heterocycles. The van der Waals surface area contributed by atoms with Crippen molar-refractivity contribution in [2.75, 3.05) is 20.1 Å². The van der Waals surface area contributed by atoms with Crippen molar-refractivity contribution in [2.24, 2.45) is 0 Å². The molecule has 5 nitrogen and oxygen atoms in total. The monoisotopic (exact) mass is 224 g/mol. The van der Waals surface area contributed by atoms with Crippen molar-refractivity contribution in [3.8, 4) is 0 Å². The van der Waals surface area contributed by atoms with Gasteiger partial charge in [-0.25, -0.2) is 0 Å². The normalized spacial score (nSPS) is 21.6. The third-order valence-corrected chi connectivity index (χ3v) is 2.93. The van der Waals surface area contributed by atoms with E-state index in [-0.39, 0.29) is 0 Å². The van der Waals surface area contributed by atoms with E-state index >= 15 is 0 Å². The van der Waals surface area contributed by atoms with Crippen molar-refractivity contribution in [3.05, 3.63) is 11.7 Å². The summed E-state index contributed by atoms with van der Waals surface area (Å²) in [4.78, 5) is 6.45. The summed E-state index contributed by atoms with van der Waals surface area (Å²) in [5.41, 5.74) is 0. The van der Waals surface area contributed by atoms with Crippen LogP contribution < -0.4 is 5.32 Å². The summed E-state index contributed by atoms with van der Waals surface area (Å²) < 4.78 is 4.95. The van der Waals surface area contributed by atoms with Crippen LogP contribution in [0.15, 0.2) is 4.52 Å². The first-order chi connectivity index (χ1) is 7.74. The summed E-state index contributed by atoms with van der Waals surface area (Å²) in [7, 11) is 2.10. The van der Waals surface area contributed by atoms with E-state index in [2.05, 4.69) is 27.4 Å². The van der Waals surface area contributed by atoms with Crippen molar-refractivity contribution in [2.45, 2.75) is 38.8 Å². The van der Waals surface area contributed by atoms with Crippen LogP contribution in [0.5, 0.6) is 0 Å². The number of aromatic nitrogens is 2. The number of aryl methyl sites for hydroxylation is 1. The fourth-order valence-electron chi connectivity index (χ4n) is 2.17. The molecule has 0 amide bonds. The Morgan fingerprint density at radius 2 is 2.38 bits per heavy atom. The van der Waals surface area contributed by atoms with Gasteiger partial charge in [-0.05, 0) is 26.4 Å². The Morgan fingerprint density at radius 1 is 1.50 bits per heavy atom. The van der Waals surface area contributed by atoms with Crippen LogP contribution in [-0.2, 0) is 6.54 Å². The van der Waals surface area contributed by atoms with Gasteiger partial charge in [0.2, 0.25) is 5.89 Å². The van der Waals surface area contributed by atoms with Crippen molar-refractivity contribution >= 4 is 0 Å². The lowest BCUT2D eigenvalue weighted by atomic mass is 10.0. The lowest BCUT2D eigenvalue weighted by molar-refractivity contribution is 0.248. The fraction of sp³-hybridized carbons (Fsp3) is 0.818. The maximum atomic E-state index is 4.95. The summed E-state index contributed by atoms with van der Waals surface area (Å²) in [5, 5.41) is 7.44. The summed E-state index contributed by atoms with van der Waals surface area (Å²) in [5.74, 6) is 1.41. The van der Waals surface area contributed by atoms with E-state index < -0.39 is 0 Å². The first-order valence-corrected chi connectivity index (χ1v) is 5.95. The molecular weight excluding hydrogens is 204 g/mol. The zero-order valence-electron chi connectivity index (χ0n) is 10.1. The van der Waals surface area contributed by atoms with E-state index in [0.717, 1.165) is 25.5 Å². The predicted octanol–water partition coefficient (Wildman–Crippen LogP) is 0.952. The minimum Gasteiger partial charge on any atom is -0.340 e. The van der Waals surface area contributed by atoms with Gasteiger partial charge in [0.05, 0.1) is 6.54 Å². The van der Waals surface area contributed by atoms with E-state index in [1.165, 1.54) is 19.3 Å². The summed E-state index contributed by atoms with van der Waals surface area (Å²) in [6.45, 7) is 4.78. The quantitative estimate of drug-likeness (QED) is 0.825. The van der Waals surface area contributed by atoms with Gasteiger partial charge in [-0.15, -0.1) is 0 Å². The molecule has 1 fully saturated rings. The SMILES string of the molecule is Cc1nc(CN(C)CC2CCCCN2)no1. The molecule has 1 aromatic heterocycles. The second-order valence-electron chi connectivity index (χ2n) is 4.57. The number of hydrogen-bond acceptors (Lipinski definition) is 5. The molecule has 5 heteroatoms. The highest BCUT2D eigenvalue weighted by molar-refractivity contribution is 4.84. The second kappa shape index (κ2) is 5.41. The lowest BCUT2D eigenvalue weighted by Crippen LogP contribution is -2.42. The Bertz CT molecular complexity index is 320. The highest BCUT2D eigenvalue weighted by Gasteiger charge is 2.15. The standard InChI is InChI=1S/C11H20N4O/c1-9-13-11(14-16-9)8-15(2)7-10-5-3-4-6-12-10/h10,12H,3-8H2,1-2H3. The Kier molecular flexibility index (Phi) is 3.90. The van der Waals surface area contributed by atoms with Crippen LogP contribution in [0.4, 0.5) is 0 Å². The third kappa shape index (κ3) is 3.28. The molecule has 1 unspecified atom stereocenters. The molecular formula is C11H20N4O. The van der Waals surface area contributed by atoms with Gasteiger partial charge in [-0.2, -0.15) is 4.98 Å². The number of nitrogens with zero attached hydrogens (tertiary/aromatic N) is 3. The van der Waals surface area contributed by atoms with E-state index in [0.29, 0.717) is 11.9 Å². The molecule has 0 saturated carbocycles. The van der Waals surface area contributed by atoms with Crippen molar-refractivity contribution in [1.82, 2.24) is 20.4 Å². The number of likely N-dealkylation sites (N-methyl/N-ethyl adjacent to an activating group) is 1. The van der Waals surface area contributed by atoms with Crippen LogP contribution in [0, 0.1) is 6.92 Å².